The second-order valence-electron chi connectivity index (χ2n) is 8.11. The lowest BCUT2D eigenvalue weighted by molar-refractivity contribution is 0.0586. The summed E-state index contributed by atoms with van der Waals surface area (Å²) in [6.45, 7) is 4.67. The molecule has 1 aliphatic heterocycles. The summed E-state index contributed by atoms with van der Waals surface area (Å²) in [4.78, 5) is 22.0. The summed E-state index contributed by atoms with van der Waals surface area (Å²) < 4.78 is 26.4. The maximum atomic E-state index is 13.6. The van der Waals surface area contributed by atoms with Crippen molar-refractivity contribution < 1.29 is 18.7 Å². The number of methoxy groups -OCH3 is 1. The largest absolute Gasteiger partial charge is 0.492 e. The van der Waals surface area contributed by atoms with Crippen LogP contribution >= 0.6 is 0 Å². The van der Waals surface area contributed by atoms with Gasteiger partial charge < -0.3 is 14.0 Å². The number of aryl methyl sites for hydroxylation is 1. The van der Waals surface area contributed by atoms with Crippen molar-refractivity contribution in [3.8, 4) is 11.4 Å². The third-order valence-corrected chi connectivity index (χ3v) is 5.79. The fraction of sp³-hybridized carbons (Fsp3) is 0.240. The van der Waals surface area contributed by atoms with Crippen LogP contribution in [0, 0.1) is 12.7 Å². The van der Waals surface area contributed by atoms with Crippen LogP contribution in [0.15, 0.2) is 55.0 Å². The second-order valence-corrected chi connectivity index (χ2v) is 8.11. The van der Waals surface area contributed by atoms with Crippen LogP contribution in [-0.2, 0) is 17.8 Å². The Balaban J connectivity index is 1.43. The van der Waals surface area contributed by atoms with Gasteiger partial charge in [0.1, 0.15) is 18.2 Å². The van der Waals surface area contributed by atoms with Gasteiger partial charge in [-0.05, 0) is 48.9 Å². The number of rotatable bonds is 4. The summed E-state index contributed by atoms with van der Waals surface area (Å²) in [5.41, 5.74) is 4.99. The Morgan fingerprint density at radius 2 is 2.00 bits per heavy atom. The lowest BCUT2D eigenvalue weighted by atomic mass is 10.1. The highest BCUT2D eigenvalue weighted by atomic mass is 19.1. The Morgan fingerprint density at radius 3 is 2.79 bits per heavy atom. The standard InChI is InChI=1S/C25H23FN4O3/c1-16-9-21(30-6-5-18-10-20(26)3-4-22(18)30)11-19-15-29(7-8-33-23(16)19)14-17-12-27-24(28-13-17)25(31)32-2/h3-6,9-13H,7-8,14-15H2,1-2H3. The van der Waals surface area contributed by atoms with Gasteiger partial charge in [0.2, 0.25) is 5.82 Å². The molecule has 2 aromatic carbocycles. The molecule has 5 rings (SSSR count). The minimum Gasteiger partial charge on any atom is -0.492 e. The van der Waals surface area contributed by atoms with Crippen molar-refractivity contribution in [3.63, 3.8) is 0 Å². The lowest BCUT2D eigenvalue weighted by Gasteiger charge is -2.19. The summed E-state index contributed by atoms with van der Waals surface area (Å²) in [7, 11) is 1.30. The van der Waals surface area contributed by atoms with Gasteiger partial charge >= 0.3 is 5.97 Å². The van der Waals surface area contributed by atoms with Crippen LogP contribution in [0.5, 0.6) is 5.75 Å². The monoisotopic (exact) mass is 446 g/mol. The van der Waals surface area contributed by atoms with Crippen molar-refractivity contribution in [2.45, 2.75) is 20.0 Å². The number of carbonyl (C=O) groups is 1. The molecule has 1 aliphatic rings. The lowest BCUT2D eigenvalue weighted by Crippen LogP contribution is -2.25. The number of fused-ring (bicyclic) bond motifs is 2. The Morgan fingerprint density at radius 1 is 1.18 bits per heavy atom. The zero-order valence-corrected chi connectivity index (χ0v) is 18.4. The molecule has 0 bridgehead atoms. The smallest absolute Gasteiger partial charge is 0.376 e. The highest BCUT2D eigenvalue weighted by Crippen LogP contribution is 2.32. The van der Waals surface area contributed by atoms with Crippen LogP contribution in [0.25, 0.3) is 16.6 Å². The molecule has 0 radical (unpaired) electrons. The van der Waals surface area contributed by atoms with Gasteiger partial charge in [0.15, 0.2) is 0 Å². The van der Waals surface area contributed by atoms with E-state index in [1.54, 1.807) is 24.5 Å². The van der Waals surface area contributed by atoms with Crippen LogP contribution in [0.2, 0.25) is 0 Å². The van der Waals surface area contributed by atoms with Gasteiger partial charge in [0.05, 0.1) is 12.6 Å². The number of halogens is 1. The molecule has 0 unspecified atom stereocenters. The Bertz CT molecular complexity index is 1330. The van der Waals surface area contributed by atoms with Crippen LogP contribution in [-0.4, -0.2) is 45.7 Å². The first-order valence-electron chi connectivity index (χ1n) is 10.7. The number of hydrogen-bond acceptors (Lipinski definition) is 6. The predicted molar refractivity (Wildman–Crippen MR) is 121 cm³/mol. The fourth-order valence-electron chi connectivity index (χ4n) is 4.25. The first kappa shape index (κ1) is 21.1. The molecule has 0 N–H and O–H groups in total. The quantitative estimate of drug-likeness (QED) is 0.441. The fourth-order valence-corrected chi connectivity index (χ4v) is 4.25. The van der Waals surface area contributed by atoms with Crippen molar-refractivity contribution >= 4 is 16.9 Å². The van der Waals surface area contributed by atoms with E-state index in [2.05, 4.69) is 36.3 Å². The Labute approximate surface area is 190 Å². The first-order valence-corrected chi connectivity index (χ1v) is 10.7. The van der Waals surface area contributed by atoms with E-state index < -0.39 is 5.97 Å². The van der Waals surface area contributed by atoms with Crippen LogP contribution in [0.1, 0.15) is 27.3 Å². The van der Waals surface area contributed by atoms with Gasteiger partial charge in [0, 0.05) is 60.4 Å². The zero-order chi connectivity index (χ0) is 22.9. The maximum absolute atomic E-state index is 13.6. The molecule has 2 aromatic heterocycles. The number of benzene rings is 2. The molecule has 0 atom stereocenters. The third kappa shape index (κ3) is 4.17. The molecule has 33 heavy (non-hydrogen) atoms. The number of esters is 1. The van der Waals surface area contributed by atoms with E-state index in [4.69, 9.17) is 4.74 Å². The zero-order valence-electron chi connectivity index (χ0n) is 18.4. The third-order valence-electron chi connectivity index (χ3n) is 5.79. The molecule has 0 aliphatic carbocycles. The van der Waals surface area contributed by atoms with E-state index in [0.29, 0.717) is 19.7 Å². The average Bonchev–Trinajstić information content (AvgIpc) is 3.12. The molecule has 0 spiro atoms. The molecule has 0 saturated carbocycles. The maximum Gasteiger partial charge on any atom is 0.376 e. The molecule has 0 amide bonds. The molecule has 7 nitrogen and oxygen atoms in total. The molecule has 0 fully saturated rings. The van der Waals surface area contributed by atoms with E-state index >= 15 is 0 Å². The van der Waals surface area contributed by atoms with E-state index in [0.717, 1.165) is 45.6 Å². The van der Waals surface area contributed by atoms with E-state index in [9.17, 15) is 9.18 Å². The highest BCUT2D eigenvalue weighted by Gasteiger charge is 2.20. The van der Waals surface area contributed by atoms with Crippen LogP contribution < -0.4 is 4.74 Å². The summed E-state index contributed by atoms with van der Waals surface area (Å²) in [6, 6.07) is 11.0. The summed E-state index contributed by atoms with van der Waals surface area (Å²) in [6.07, 6.45) is 5.26. The number of ether oxygens (including phenoxy) is 2. The topological polar surface area (TPSA) is 69.5 Å². The summed E-state index contributed by atoms with van der Waals surface area (Å²) in [5, 5.41) is 0.857. The minimum atomic E-state index is -0.554. The van der Waals surface area contributed by atoms with Gasteiger partial charge in [-0.2, -0.15) is 0 Å². The Kier molecular flexibility index (Phi) is 5.51. The van der Waals surface area contributed by atoms with Crippen LogP contribution in [0.3, 0.4) is 0 Å². The van der Waals surface area contributed by atoms with Gasteiger partial charge in [0.25, 0.3) is 0 Å². The SMILES string of the molecule is COC(=O)c1ncc(CN2CCOc3c(C)cc(-n4ccc5cc(F)ccc54)cc3C2)cn1. The normalized spacial score (nSPS) is 13.9. The average molecular weight is 446 g/mol. The van der Waals surface area contributed by atoms with Crippen molar-refractivity contribution in [2.75, 3.05) is 20.3 Å². The number of carbonyl (C=O) groups excluding carboxylic acids is 1. The predicted octanol–water partition coefficient (Wildman–Crippen LogP) is 4.05. The summed E-state index contributed by atoms with van der Waals surface area (Å²) >= 11 is 0. The molecular weight excluding hydrogens is 423 g/mol. The molecule has 8 heteroatoms. The Hall–Kier alpha value is -3.78. The molecule has 3 heterocycles. The van der Waals surface area contributed by atoms with Gasteiger partial charge in [-0.25, -0.2) is 19.2 Å². The van der Waals surface area contributed by atoms with Crippen molar-refractivity contribution in [2.24, 2.45) is 0 Å². The number of nitrogens with zero attached hydrogens (tertiary/aromatic N) is 4. The van der Waals surface area contributed by atoms with Gasteiger partial charge in [-0.3, -0.25) is 4.90 Å². The van der Waals surface area contributed by atoms with Gasteiger partial charge in [-0.15, -0.1) is 0 Å². The molecule has 168 valence electrons. The van der Waals surface area contributed by atoms with Crippen molar-refractivity contribution in [1.82, 2.24) is 19.4 Å². The summed E-state index contributed by atoms with van der Waals surface area (Å²) in [5.74, 6) is 0.152. The van der Waals surface area contributed by atoms with Gasteiger partial charge in [-0.1, -0.05) is 0 Å². The van der Waals surface area contributed by atoms with Crippen molar-refractivity contribution in [1.29, 1.82) is 0 Å². The molecule has 0 saturated heterocycles. The highest BCUT2D eigenvalue weighted by molar-refractivity contribution is 5.84. The van der Waals surface area contributed by atoms with E-state index in [-0.39, 0.29) is 11.6 Å². The number of hydrogen-bond donors (Lipinski definition) is 0. The second kappa shape index (κ2) is 8.63. The van der Waals surface area contributed by atoms with Crippen molar-refractivity contribution in [3.05, 3.63) is 83.3 Å². The minimum absolute atomic E-state index is 0.0462. The molecular formula is C25H23FN4O3. The number of aromatic nitrogens is 3. The first-order chi connectivity index (χ1) is 16.0. The van der Waals surface area contributed by atoms with E-state index in [1.165, 1.54) is 13.2 Å². The van der Waals surface area contributed by atoms with Crippen LogP contribution in [0.4, 0.5) is 4.39 Å². The molecule has 4 aromatic rings. The van der Waals surface area contributed by atoms with E-state index in [1.807, 2.05) is 19.2 Å².